The van der Waals surface area contributed by atoms with E-state index in [1.165, 1.54) is 7.11 Å². The quantitative estimate of drug-likeness (QED) is 0.580. The molecule has 0 radical (unpaired) electrons. The molecule has 2 aliphatic rings. The summed E-state index contributed by atoms with van der Waals surface area (Å²) in [5.74, 6) is 0. The third-order valence-corrected chi connectivity index (χ3v) is 2.72. The second kappa shape index (κ2) is 4.32. The molecule has 2 N–H and O–H groups in total. The van der Waals surface area contributed by atoms with Crippen LogP contribution in [0.2, 0.25) is 0 Å². The maximum atomic E-state index is 9.80. The molecule has 6 heteroatoms. The Balaban J connectivity index is 2.07. The van der Waals surface area contributed by atoms with Gasteiger partial charge in [0.25, 0.3) is 0 Å². The fourth-order valence-corrected chi connectivity index (χ4v) is 1.89. The predicted molar refractivity (Wildman–Crippen MR) is 48.0 cm³/mol. The lowest BCUT2D eigenvalue weighted by Crippen LogP contribution is -2.62. The average molecular weight is 220 g/mol. The molecule has 2 saturated heterocycles. The monoisotopic (exact) mass is 220 g/mol. The highest BCUT2D eigenvalue weighted by Crippen LogP contribution is 2.28. The van der Waals surface area contributed by atoms with Gasteiger partial charge in [-0.05, 0) is 6.92 Å². The number of fused-ring (bicyclic) bond motifs is 1. The number of rotatable bonds is 1. The lowest BCUT2D eigenvalue weighted by Gasteiger charge is -2.45. The van der Waals surface area contributed by atoms with Crippen LogP contribution in [-0.2, 0) is 18.9 Å². The Labute approximate surface area is 87.7 Å². The molecule has 15 heavy (non-hydrogen) atoms. The molecule has 0 spiro atoms. The van der Waals surface area contributed by atoms with Gasteiger partial charge in [-0.2, -0.15) is 0 Å². The van der Waals surface area contributed by atoms with Crippen LogP contribution in [0.5, 0.6) is 0 Å². The molecule has 0 saturated carbocycles. The maximum absolute atomic E-state index is 9.80. The Morgan fingerprint density at radius 3 is 2.60 bits per heavy atom. The summed E-state index contributed by atoms with van der Waals surface area (Å²) in [7, 11) is 1.41. The SMILES string of the molecule is CO[C@H]1O[C@@H]2COC(C)O[C@H]2[C@@H](O)[C@H]1O. The summed E-state index contributed by atoms with van der Waals surface area (Å²) in [5, 5.41) is 19.4. The fraction of sp³-hybridized carbons (Fsp3) is 1.00. The van der Waals surface area contributed by atoms with E-state index in [4.69, 9.17) is 18.9 Å². The summed E-state index contributed by atoms with van der Waals surface area (Å²) in [5.41, 5.74) is 0. The van der Waals surface area contributed by atoms with E-state index in [-0.39, 0.29) is 0 Å². The van der Waals surface area contributed by atoms with Crippen molar-refractivity contribution < 1.29 is 29.2 Å². The van der Waals surface area contributed by atoms with Crippen molar-refractivity contribution in [3.8, 4) is 0 Å². The summed E-state index contributed by atoms with van der Waals surface area (Å²) in [6, 6.07) is 0. The molecule has 1 unspecified atom stereocenters. The number of aliphatic hydroxyl groups is 2. The first-order chi connectivity index (χ1) is 7.13. The minimum Gasteiger partial charge on any atom is -0.387 e. The van der Waals surface area contributed by atoms with Gasteiger partial charge in [0, 0.05) is 7.11 Å². The molecular weight excluding hydrogens is 204 g/mol. The van der Waals surface area contributed by atoms with Crippen LogP contribution >= 0.6 is 0 Å². The maximum Gasteiger partial charge on any atom is 0.186 e. The van der Waals surface area contributed by atoms with Gasteiger partial charge in [-0.25, -0.2) is 0 Å². The van der Waals surface area contributed by atoms with Gasteiger partial charge in [0.05, 0.1) is 6.61 Å². The first kappa shape index (κ1) is 11.3. The fourth-order valence-electron chi connectivity index (χ4n) is 1.89. The standard InChI is InChI=1S/C9H16O6/c1-4-13-3-5-8(14-4)6(10)7(11)9(12-2)15-5/h4-11H,3H2,1-2H3/t4?,5-,6+,7-,8-,9+/m1/s1. The van der Waals surface area contributed by atoms with Crippen LogP contribution in [0, 0.1) is 0 Å². The van der Waals surface area contributed by atoms with Crippen molar-refractivity contribution in [2.24, 2.45) is 0 Å². The summed E-state index contributed by atoms with van der Waals surface area (Å²) >= 11 is 0. The van der Waals surface area contributed by atoms with Crippen molar-refractivity contribution in [1.29, 1.82) is 0 Å². The Morgan fingerprint density at radius 1 is 1.20 bits per heavy atom. The van der Waals surface area contributed by atoms with Gasteiger partial charge >= 0.3 is 0 Å². The first-order valence-corrected chi connectivity index (χ1v) is 4.95. The zero-order valence-electron chi connectivity index (χ0n) is 8.70. The van der Waals surface area contributed by atoms with Gasteiger partial charge in [-0.1, -0.05) is 0 Å². The van der Waals surface area contributed by atoms with Gasteiger partial charge in [0.15, 0.2) is 12.6 Å². The summed E-state index contributed by atoms with van der Waals surface area (Å²) in [6.07, 6.45) is -4.29. The molecule has 2 fully saturated rings. The second-order valence-electron chi connectivity index (χ2n) is 3.76. The Bertz CT molecular complexity index is 221. The predicted octanol–water partition coefficient (Wildman–Crippen LogP) is -1.16. The number of ether oxygens (including phenoxy) is 4. The number of methoxy groups -OCH3 is 1. The van der Waals surface area contributed by atoms with Crippen molar-refractivity contribution in [2.75, 3.05) is 13.7 Å². The third kappa shape index (κ3) is 2.01. The van der Waals surface area contributed by atoms with Gasteiger partial charge < -0.3 is 29.2 Å². The molecule has 0 aromatic heterocycles. The molecule has 0 aromatic carbocycles. The molecule has 0 aromatic rings. The Morgan fingerprint density at radius 2 is 1.93 bits per heavy atom. The van der Waals surface area contributed by atoms with E-state index in [9.17, 15) is 10.2 Å². The van der Waals surface area contributed by atoms with Crippen molar-refractivity contribution in [1.82, 2.24) is 0 Å². The van der Waals surface area contributed by atoms with Gasteiger partial charge in [0.2, 0.25) is 0 Å². The summed E-state index contributed by atoms with van der Waals surface area (Å²) in [4.78, 5) is 0. The van der Waals surface area contributed by atoms with Crippen LogP contribution in [0.4, 0.5) is 0 Å². The van der Waals surface area contributed by atoms with Crippen LogP contribution in [0.15, 0.2) is 0 Å². The van der Waals surface area contributed by atoms with E-state index in [0.717, 1.165) is 0 Å². The smallest absolute Gasteiger partial charge is 0.186 e. The first-order valence-electron chi connectivity index (χ1n) is 4.95. The van der Waals surface area contributed by atoms with E-state index in [1.54, 1.807) is 6.92 Å². The molecule has 0 amide bonds. The minimum absolute atomic E-state index is 0.329. The van der Waals surface area contributed by atoms with E-state index >= 15 is 0 Å². The minimum atomic E-state index is -1.10. The van der Waals surface area contributed by atoms with Gasteiger partial charge in [-0.3, -0.25) is 0 Å². The van der Waals surface area contributed by atoms with Crippen LogP contribution < -0.4 is 0 Å². The molecule has 6 nitrogen and oxygen atoms in total. The Hall–Kier alpha value is -0.240. The van der Waals surface area contributed by atoms with Crippen LogP contribution in [0.25, 0.3) is 0 Å². The molecule has 0 aliphatic carbocycles. The molecule has 2 rings (SSSR count). The van der Waals surface area contributed by atoms with Crippen LogP contribution in [0.1, 0.15) is 6.92 Å². The van der Waals surface area contributed by atoms with Crippen LogP contribution in [0.3, 0.4) is 0 Å². The molecule has 88 valence electrons. The molecule has 6 atom stereocenters. The zero-order chi connectivity index (χ0) is 11.0. The topological polar surface area (TPSA) is 77.4 Å². The van der Waals surface area contributed by atoms with E-state index in [0.29, 0.717) is 6.61 Å². The number of aliphatic hydroxyl groups excluding tert-OH is 2. The van der Waals surface area contributed by atoms with Crippen molar-refractivity contribution in [3.05, 3.63) is 0 Å². The molecular formula is C9H16O6. The molecule has 0 bridgehead atoms. The highest BCUT2D eigenvalue weighted by atomic mass is 16.7. The second-order valence-corrected chi connectivity index (χ2v) is 3.76. The Kier molecular flexibility index (Phi) is 3.24. The third-order valence-electron chi connectivity index (χ3n) is 2.72. The van der Waals surface area contributed by atoms with Gasteiger partial charge in [-0.15, -0.1) is 0 Å². The van der Waals surface area contributed by atoms with E-state index < -0.39 is 37.0 Å². The van der Waals surface area contributed by atoms with Crippen LogP contribution in [-0.4, -0.2) is 60.9 Å². The largest absolute Gasteiger partial charge is 0.387 e. The van der Waals surface area contributed by atoms with Gasteiger partial charge in [0.1, 0.15) is 24.4 Å². The number of hydrogen-bond donors (Lipinski definition) is 2. The van der Waals surface area contributed by atoms with E-state index in [2.05, 4.69) is 0 Å². The summed E-state index contributed by atoms with van der Waals surface area (Å²) < 4.78 is 20.9. The highest BCUT2D eigenvalue weighted by molar-refractivity contribution is 4.91. The zero-order valence-corrected chi connectivity index (χ0v) is 8.70. The van der Waals surface area contributed by atoms with Crippen molar-refractivity contribution in [3.63, 3.8) is 0 Å². The number of hydrogen-bond acceptors (Lipinski definition) is 6. The summed E-state index contributed by atoms with van der Waals surface area (Å²) in [6.45, 7) is 2.06. The normalized spacial score (nSPS) is 51.2. The molecule has 2 aliphatic heterocycles. The lowest BCUT2D eigenvalue weighted by atomic mass is 9.98. The van der Waals surface area contributed by atoms with E-state index in [1.807, 2.05) is 0 Å². The average Bonchev–Trinajstić information content (AvgIpc) is 2.24. The van der Waals surface area contributed by atoms with Crippen molar-refractivity contribution >= 4 is 0 Å². The molecule has 2 heterocycles. The lowest BCUT2D eigenvalue weighted by molar-refractivity contribution is -0.352. The van der Waals surface area contributed by atoms with Crippen molar-refractivity contribution in [2.45, 2.75) is 43.9 Å². The highest BCUT2D eigenvalue weighted by Gasteiger charge is 2.48.